The SMILES string of the molecule is COC1=CC=C2C3Cc4ccc(OC)c5c4C2(CCN3C)C1O5.Cl. The zero-order valence-electron chi connectivity index (χ0n) is 14.2. The summed E-state index contributed by atoms with van der Waals surface area (Å²) in [5.74, 6) is 2.68. The molecule has 0 N–H and O–H groups in total. The minimum absolute atomic E-state index is 0. The van der Waals surface area contributed by atoms with Gasteiger partial charge in [0.05, 0.1) is 19.6 Å². The van der Waals surface area contributed by atoms with Gasteiger partial charge in [0.25, 0.3) is 0 Å². The summed E-state index contributed by atoms with van der Waals surface area (Å²) in [6.07, 6.45) is 6.41. The molecule has 0 radical (unpaired) electrons. The lowest BCUT2D eigenvalue weighted by Gasteiger charge is -2.52. The number of halogens is 1. The van der Waals surface area contributed by atoms with Gasteiger partial charge in [-0.05, 0) is 49.7 Å². The molecule has 4 aliphatic rings. The van der Waals surface area contributed by atoms with Crippen LogP contribution in [0.3, 0.4) is 0 Å². The van der Waals surface area contributed by atoms with Crippen molar-refractivity contribution in [3.63, 3.8) is 0 Å². The predicted molar refractivity (Wildman–Crippen MR) is 94.3 cm³/mol. The van der Waals surface area contributed by atoms with Crippen molar-refractivity contribution in [2.45, 2.75) is 30.4 Å². The lowest BCUT2D eigenvalue weighted by atomic mass is 9.57. The van der Waals surface area contributed by atoms with Gasteiger partial charge in [0, 0.05) is 11.6 Å². The second kappa shape index (κ2) is 5.17. The average Bonchev–Trinajstić information content (AvgIpc) is 2.92. The maximum atomic E-state index is 6.46. The van der Waals surface area contributed by atoms with E-state index < -0.39 is 0 Å². The molecule has 128 valence electrons. The first kappa shape index (κ1) is 15.9. The summed E-state index contributed by atoms with van der Waals surface area (Å²) in [7, 11) is 5.68. The highest BCUT2D eigenvalue weighted by Gasteiger charge is 2.61. The number of likely N-dealkylation sites (N-methyl/N-ethyl adjacent to an activating group) is 1. The number of allylic oxidation sites excluding steroid dienone is 2. The van der Waals surface area contributed by atoms with Crippen LogP contribution in [0.25, 0.3) is 0 Å². The molecule has 5 heteroatoms. The Morgan fingerprint density at radius 3 is 2.79 bits per heavy atom. The fraction of sp³-hybridized carbons (Fsp3) is 0.474. The molecule has 4 nitrogen and oxygen atoms in total. The van der Waals surface area contributed by atoms with E-state index >= 15 is 0 Å². The van der Waals surface area contributed by atoms with E-state index in [0.717, 1.165) is 36.6 Å². The van der Waals surface area contributed by atoms with Crippen LogP contribution in [-0.2, 0) is 16.6 Å². The number of benzene rings is 1. The Hall–Kier alpha value is -1.65. The predicted octanol–water partition coefficient (Wildman–Crippen LogP) is 2.85. The first-order chi connectivity index (χ1) is 11.2. The molecule has 2 heterocycles. The largest absolute Gasteiger partial charge is 0.497 e. The smallest absolute Gasteiger partial charge is 0.169 e. The lowest BCUT2D eigenvalue weighted by Crippen LogP contribution is -2.58. The Kier molecular flexibility index (Phi) is 3.42. The summed E-state index contributed by atoms with van der Waals surface area (Å²) < 4.78 is 17.7. The van der Waals surface area contributed by atoms with E-state index in [9.17, 15) is 0 Å². The Morgan fingerprint density at radius 1 is 1.21 bits per heavy atom. The molecule has 0 amide bonds. The van der Waals surface area contributed by atoms with E-state index in [4.69, 9.17) is 14.2 Å². The summed E-state index contributed by atoms with van der Waals surface area (Å²) in [4.78, 5) is 2.48. The van der Waals surface area contributed by atoms with Gasteiger partial charge in [0.1, 0.15) is 5.76 Å². The molecule has 1 spiro atoms. The van der Waals surface area contributed by atoms with Crippen LogP contribution in [0.5, 0.6) is 11.5 Å². The second-order valence-electron chi connectivity index (χ2n) is 6.95. The monoisotopic (exact) mass is 347 g/mol. The number of piperidine rings is 1. The molecule has 3 unspecified atom stereocenters. The van der Waals surface area contributed by atoms with E-state index in [1.54, 1.807) is 14.2 Å². The van der Waals surface area contributed by atoms with Gasteiger partial charge >= 0.3 is 0 Å². The Bertz CT molecular complexity index is 772. The van der Waals surface area contributed by atoms with Crippen molar-refractivity contribution >= 4 is 12.4 Å². The van der Waals surface area contributed by atoms with Gasteiger partial charge in [-0.25, -0.2) is 0 Å². The van der Waals surface area contributed by atoms with Gasteiger partial charge in [-0.2, -0.15) is 0 Å². The Morgan fingerprint density at radius 2 is 2.04 bits per heavy atom. The fourth-order valence-corrected chi connectivity index (χ4v) is 5.10. The van der Waals surface area contributed by atoms with Gasteiger partial charge in [-0.3, -0.25) is 4.90 Å². The molecule has 5 rings (SSSR count). The van der Waals surface area contributed by atoms with E-state index in [2.05, 4.69) is 30.2 Å². The number of methoxy groups -OCH3 is 2. The van der Waals surface area contributed by atoms with Crippen LogP contribution in [0.1, 0.15) is 17.5 Å². The van der Waals surface area contributed by atoms with Crippen LogP contribution in [-0.4, -0.2) is 44.9 Å². The van der Waals surface area contributed by atoms with Crippen molar-refractivity contribution in [3.05, 3.63) is 46.7 Å². The third kappa shape index (κ3) is 1.63. The van der Waals surface area contributed by atoms with Gasteiger partial charge in [-0.15, -0.1) is 12.4 Å². The average molecular weight is 348 g/mol. The first-order valence-corrected chi connectivity index (χ1v) is 8.24. The highest BCUT2D eigenvalue weighted by Crippen LogP contribution is 2.62. The number of hydrogen-bond acceptors (Lipinski definition) is 4. The van der Waals surface area contributed by atoms with Gasteiger partial charge < -0.3 is 14.2 Å². The van der Waals surface area contributed by atoms with Crippen molar-refractivity contribution in [2.24, 2.45) is 0 Å². The summed E-state index contributed by atoms with van der Waals surface area (Å²) in [6.45, 7) is 1.08. The number of likely N-dealkylation sites (tertiary alicyclic amines) is 1. The normalized spacial score (nSPS) is 32.0. The summed E-state index contributed by atoms with van der Waals surface area (Å²) >= 11 is 0. The van der Waals surface area contributed by atoms with E-state index in [1.807, 2.05) is 6.07 Å². The summed E-state index contributed by atoms with van der Waals surface area (Å²) in [6, 6.07) is 4.72. The van der Waals surface area contributed by atoms with Crippen molar-refractivity contribution < 1.29 is 14.2 Å². The fourth-order valence-electron chi connectivity index (χ4n) is 5.10. The molecule has 2 aliphatic heterocycles. The Labute approximate surface area is 148 Å². The molecule has 1 fully saturated rings. The maximum Gasteiger partial charge on any atom is 0.169 e. The van der Waals surface area contributed by atoms with Crippen molar-refractivity contribution in [1.29, 1.82) is 0 Å². The van der Waals surface area contributed by atoms with Gasteiger partial charge in [0.15, 0.2) is 17.6 Å². The second-order valence-corrected chi connectivity index (χ2v) is 6.95. The van der Waals surface area contributed by atoms with Gasteiger partial charge in [0.2, 0.25) is 0 Å². The molecular weight excluding hydrogens is 326 g/mol. The molecular formula is C19H22ClNO3. The molecule has 1 saturated heterocycles. The van der Waals surface area contributed by atoms with Crippen LogP contribution < -0.4 is 9.47 Å². The van der Waals surface area contributed by atoms with Crippen molar-refractivity contribution in [1.82, 2.24) is 4.90 Å². The van der Waals surface area contributed by atoms with Crippen molar-refractivity contribution in [3.8, 4) is 11.5 Å². The maximum absolute atomic E-state index is 6.46. The molecule has 1 aromatic carbocycles. The van der Waals surface area contributed by atoms with Crippen LogP contribution in [0.4, 0.5) is 0 Å². The highest BCUT2D eigenvalue weighted by atomic mass is 35.5. The third-order valence-corrected chi connectivity index (χ3v) is 6.16. The summed E-state index contributed by atoms with van der Waals surface area (Å²) in [5.41, 5.74) is 4.15. The first-order valence-electron chi connectivity index (χ1n) is 8.24. The molecule has 0 saturated carbocycles. The molecule has 24 heavy (non-hydrogen) atoms. The van der Waals surface area contributed by atoms with E-state index in [1.165, 1.54) is 16.7 Å². The number of nitrogens with zero attached hydrogens (tertiary/aromatic N) is 1. The number of ether oxygens (including phenoxy) is 3. The Balaban J connectivity index is 0.00000146. The molecule has 2 aliphatic carbocycles. The molecule has 2 bridgehead atoms. The minimum atomic E-state index is -0.0747. The molecule has 1 aromatic rings. The van der Waals surface area contributed by atoms with Crippen LogP contribution in [0, 0.1) is 0 Å². The van der Waals surface area contributed by atoms with Crippen LogP contribution in [0.15, 0.2) is 35.6 Å². The standard InChI is InChI=1S/C19H21NO3.ClH/c1-20-9-8-19-12-5-7-15(22-3)18(19)23-17-14(21-2)6-4-11(16(17)19)10-13(12)20;/h4-7,13,18H,8-10H2,1-3H3;1H. The highest BCUT2D eigenvalue weighted by molar-refractivity contribution is 5.85. The topological polar surface area (TPSA) is 30.9 Å². The molecule has 3 atom stereocenters. The lowest BCUT2D eigenvalue weighted by molar-refractivity contribution is 0.0734. The van der Waals surface area contributed by atoms with E-state index in [0.29, 0.717) is 6.04 Å². The van der Waals surface area contributed by atoms with E-state index in [-0.39, 0.29) is 23.9 Å². The van der Waals surface area contributed by atoms with Crippen LogP contribution in [0.2, 0.25) is 0 Å². The van der Waals surface area contributed by atoms with Crippen molar-refractivity contribution in [2.75, 3.05) is 27.8 Å². The third-order valence-electron chi connectivity index (χ3n) is 6.16. The zero-order valence-corrected chi connectivity index (χ0v) is 15.0. The quantitative estimate of drug-likeness (QED) is 0.823. The number of rotatable bonds is 2. The molecule has 0 aromatic heterocycles. The summed E-state index contributed by atoms with van der Waals surface area (Å²) in [5, 5.41) is 0. The number of hydrogen-bond donors (Lipinski definition) is 0. The zero-order chi connectivity index (χ0) is 15.8. The van der Waals surface area contributed by atoms with Crippen LogP contribution >= 0.6 is 12.4 Å². The van der Waals surface area contributed by atoms with Gasteiger partial charge in [-0.1, -0.05) is 12.1 Å². The minimum Gasteiger partial charge on any atom is -0.497 e.